The average Bonchev–Trinajstić information content (AvgIpc) is 2.44. The van der Waals surface area contributed by atoms with Gasteiger partial charge in [-0.3, -0.25) is 9.88 Å². The summed E-state index contributed by atoms with van der Waals surface area (Å²) in [7, 11) is 0. The molecule has 1 aliphatic heterocycles. The van der Waals surface area contributed by atoms with E-state index in [-0.39, 0.29) is 0 Å². The summed E-state index contributed by atoms with van der Waals surface area (Å²) in [6, 6.07) is 5.10. The number of hydrogen-bond donors (Lipinski definition) is 1. The van der Waals surface area contributed by atoms with Crippen LogP contribution < -0.4 is 5.32 Å². The lowest BCUT2D eigenvalue weighted by Gasteiger charge is -2.36. The third-order valence-corrected chi connectivity index (χ3v) is 4.38. The Morgan fingerprint density at radius 2 is 2.10 bits per heavy atom. The van der Waals surface area contributed by atoms with E-state index in [2.05, 4.69) is 55.0 Å². The SMILES string of the molecule is CC(C)CNCc1ccc(CN2CC(C)CCC2C)nc1. The first-order valence-electron chi connectivity index (χ1n) is 8.43. The molecule has 1 N–H and O–H groups in total. The molecule has 0 radical (unpaired) electrons. The number of hydrogen-bond acceptors (Lipinski definition) is 3. The largest absolute Gasteiger partial charge is 0.312 e. The summed E-state index contributed by atoms with van der Waals surface area (Å²) in [5, 5.41) is 3.46. The van der Waals surface area contributed by atoms with Crippen LogP contribution in [0.1, 0.15) is 51.8 Å². The van der Waals surface area contributed by atoms with E-state index < -0.39 is 0 Å². The van der Waals surface area contributed by atoms with Crippen LogP contribution in [0.5, 0.6) is 0 Å². The Morgan fingerprint density at radius 1 is 1.29 bits per heavy atom. The summed E-state index contributed by atoms with van der Waals surface area (Å²) in [5.74, 6) is 1.51. The van der Waals surface area contributed by atoms with Crippen LogP contribution in [0.2, 0.25) is 0 Å². The van der Waals surface area contributed by atoms with Gasteiger partial charge >= 0.3 is 0 Å². The Hall–Kier alpha value is -0.930. The van der Waals surface area contributed by atoms with Gasteiger partial charge in [0.05, 0.1) is 5.69 Å². The van der Waals surface area contributed by atoms with Crippen LogP contribution >= 0.6 is 0 Å². The third-order valence-electron chi connectivity index (χ3n) is 4.38. The quantitative estimate of drug-likeness (QED) is 0.869. The number of aromatic nitrogens is 1. The minimum absolute atomic E-state index is 0.690. The molecule has 3 heteroatoms. The molecule has 1 aliphatic rings. The smallest absolute Gasteiger partial charge is 0.0544 e. The van der Waals surface area contributed by atoms with Crippen LogP contribution in [0.3, 0.4) is 0 Å². The van der Waals surface area contributed by atoms with Gasteiger partial charge in [-0.25, -0.2) is 0 Å². The molecule has 2 unspecified atom stereocenters. The highest BCUT2D eigenvalue weighted by Crippen LogP contribution is 2.22. The van der Waals surface area contributed by atoms with Gasteiger partial charge in [0, 0.05) is 31.9 Å². The van der Waals surface area contributed by atoms with Crippen molar-refractivity contribution in [2.24, 2.45) is 11.8 Å². The van der Waals surface area contributed by atoms with Crippen molar-refractivity contribution >= 4 is 0 Å². The van der Waals surface area contributed by atoms with E-state index >= 15 is 0 Å². The number of pyridine rings is 1. The fourth-order valence-corrected chi connectivity index (χ4v) is 2.97. The van der Waals surface area contributed by atoms with Crippen molar-refractivity contribution in [1.82, 2.24) is 15.2 Å². The molecule has 0 bridgehead atoms. The Kier molecular flexibility index (Phi) is 6.19. The lowest BCUT2D eigenvalue weighted by molar-refractivity contribution is 0.116. The average molecular weight is 289 g/mol. The zero-order chi connectivity index (χ0) is 15.2. The van der Waals surface area contributed by atoms with Crippen molar-refractivity contribution in [2.75, 3.05) is 13.1 Å². The number of piperidine rings is 1. The summed E-state index contributed by atoms with van der Waals surface area (Å²) in [6.45, 7) is 13.3. The van der Waals surface area contributed by atoms with Gasteiger partial charge in [-0.15, -0.1) is 0 Å². The maximum atomic E-state index is 4.65. The first-order chi connectivity index (χ1) is 10.0. The number of likely N-dealkylation sites (tertiary alicyclic amines) is 1. The summed E-state index contributed by atoms with van der Waals surface area (Å²) >= 11 is 0. The first kappa shape index (κ1) is 16.4. The summed E-state index contributed by atoms with van der Waals surface area (Å²) in [4.78, 5) is 7.22. The Labute approximate surface area is 130 Å². The van der Waals surface area contributed by atoms with Gasteiger partial charge in [-0.2, -0.15) is 0 Å². The van der Waals surface area contributed by atoms with E-state index in [4.69, 9.17) is 0 Å². The topological polar surface area (TPSA) is 28.2 Å². The highest BCUT2D eigenvalue weighted by Gasteiger charge is 2.22. The van der Waals surface area contributed by atoms with Gasteiger partial charge in [0.1, 0.15) is 0 Å². The van der Waals surface area contributed by atoms with E-state index in [0.717, 1.165) is 25.6 Å². The zero-order valence-electron chi connectivity index (χ0n) is 14.1. The fraction of sp³-hybridized carbons (Fsp3) is 0.722. The number of nitrogens with zero attached hydrogens (tertiary/aromatic N) is 2. The standard InChI is InChI=1S/C18H31N3/c1-14(2)9-19-10-17-7-8-18(20-11-17)13-21-12-15(3)5-6-16(21)4/h7-8,11,14-16,19H,5-6,9-10,12-13H2,1-4H3. The molecule has 1 saturated heterocycles. The molecular formula is C18H31N3. The van der Waals surface area contributed by atoms with Crippen LogP contribution in [-0.2, 0) is 13.1 Å². The molecular weight excluding hydrogens is 258 g/mol. The van der Waals surface area contributed by atoms with Crippen LogP contribution in [0, 0.1) is 11.8 Å². The molecule has 3 nitrogen and oxygen atoms in total. The van der Waals surface area contributed by atoms with Crippen molar-refractivity contribution in [2.45, 2.75) is 59.7 Å². The lowest BCUT2D eigenvalue weighted by atomic mass is 9.95. The Balaban J connectivity index is 1.84. The molecule has 2 rings (SSSR count). The highest BCUT2D eigenvalue weighted by molar-refractivity contribution is 5.14. The number of rotatable bonds is 6. The molecule has 0 saturated carbocycles. The molecule has 0 spiro atoms. The van der Waals surface area contributed by atoms with Gasteiger partial charge in [0.25, 0.3) is 0 Å². The lowest BCUT2D eigenvalue weighted by Crippen LogP contribution is -2.40. The maximum absolute atomic E-state index is 4.65. The number of nitrogens with one attached hydrogen (secondary N) is 1. The maximum Gasteiger partial charge on any atom is 0.0544 e. The minimum atomic E-state index is 0.690. The van der Waals surface area contributed by atoms with Crippen molar-refractivity contribution in [3.05, 3.63) is 29.6 Å². The van der Waals surface area contributed by atoms with Gasteiger partial charge in [-0.1, -0.05) is 26.8 Å². The van der Waals surface area contributed by atoms with Crippen LogP contribution in [0.4, 0.5) is 0 Å². The van der Waals surface area contributed by atoms with Crippen LogP contribution in [0.25, 0.3) is 0 Å². The molecule has 0 aliphatic carbocycles. The van der Waals surface area contributed by atoms with Crippen molar-refractivity contribution < 1.29 is 0 Å². The molecule has 1 aromatic heterocycles. The molecule has 1 fully saturated rings. The predicted molar refractivity (Wildman–Crippen MR) is 89.1 cm³/mol. The van der Waals surface area contributed by atoms with Crippen molar-refractivity contribution in [3.8, 4) is 0 Å². The van der Waals surface area contributed by atoms with Crippen LogP contribution in [0.15, 0.2) is 18.3 Å². The molecule has 118 valence electrons. The molecule has 0 amide bonds. The van der Waals surface area contributed by atoms with E-state index in [1.54, 1.807) is 0 Å². The summed E-state index contributed by atoms with van der Waals surface area (Å²) in [5.41, 5.74) is 2.48. The second kappa shape index (κ2) is 7.90. The summed E-state index contributed by atoms with van der Waals surface area (Å²) < 4.78 is 0. The van der Waals surface area contributed by atoms with Gasteiger partial charge < -0.3 is 5.32 Å². The van der Waals surface area contributed by atoms with E-state index in [0.29, 0.717) is 12.0 Å². The minimum Gasteiger partial charge on any atom is -0.312 e. The van der Waals surface area contributed by atoms with Crippen LogP contribution in [-0.4, -0.2) is 29.0 Å². The van der Waals surface area contributed by atoms with Gasteiger partial charge in [-0.05, 0) is 49.8 Å². The highest BCUT2D eigenvalue weighted by atomic mass is 15.2. The summed E-state index contributed by atoms with van der Waals surface area (Å²) in [6.07, 6.45) is 4.71. The normalized spacial score (nSPS) is 23.7. The molecule has 1 aromatic rings. The molecule has 2 heterocycles. The van der Waals surface area contributed by atoms with E-state index in [1.807, 2.05) is 6.20 Å². The van der Waals surface area contributed by atoms with Gasteiger partial charge in [0.15, 0.2) is 0 Å². The fourth-order valence-electron chi connectivity index (χ4n) is 2.97. The Bertz CT molecular complexity index is 413. The second-order valence-corrected chi connectivity index (χ2v) is 7.14. The predicted octanol–water partition coefficient (Wildman–Crippen LogP) is 3.45. The van der Waals surface area contributed by atoms with E-state index in [1.165, 1.54) is 30.6 Å². The monoisotopic (exact) mass is 289 g/mol. The molecule has 2 atom stereocenters. The van der Waals surface area contributed by atoms with Gasteiger partial charge in [0.2, 0.25) is 0 Å². The van der Waals surface area contributed by atoms with Crippen molar-refractivity contribution in [1.29, 1.82) is 0 Å². The van der Waals surface area contributed by atoms with E-state index in [9.17, 15) is 0 Å². The van der Waals surface area contributed by atoms with Crippen molar-refractivity contribution in [3.63, 3.8) is 0 Å². The Morgan fingerprint density at radius 3 is 2.76 bits per heavy atom. The zero-order valence-corrected chi connectivity index (χ0v) is 14.1. The first-order valence-corrected chi connectivity index (χ1v) is 8.43. The second-order valence-electron chi connectivity index (χ2n) is 7.14. The third kappa shape index (κ3) is 5.40. The molecule has 21 heavy (non-hydrogen) atoms. The molecule has 0 aromatic carbocycles.